The standard InChI is InChI=1S/C22H18BrNO4/c23-18-13-7-8-14-19(18)24-20(25)15-28-21(26)22(27,16-9-3-1-4-10-16)17-11-5-2-6-12-17/h1-14,27H,15H2,(H,24,25). The van der Waals surface area contributed by atoms with E-state index in [1.165, 1.54) is 0 Å². The number of rotatable bonds is 6. The molecule has 0 saturated heterocycles. The summed E-state index contributed by atoms with van der Waals surface area (Å²) < 4.78 is 5.88. The molecule has 1 amide bonds. The number of ether oxygens (including phenoxy) is 1. The maximum Gasteiger partial charge on any atom is 0.348 e. The van der Waals surface area contributed by atoms with Crippen LogP contribution >= 0.6 is 15.9 Å². The van der Waals surface area contributed by atoms with Crippen molar-refractivity contribution in [3.05, 3.63) is 101 Å². The minimum atomic E-state index is -2.02. The Hall–Kier alpha value is -2.96. The fraction of sp³-hybridized carbons (Fsp3) is 0.0909. The molecule has 0 aliphatic heterocycles. The van der Waals surface area contributed by atoms with Crippen LogP contribution in [-0.2, 0) is 19.9 Å². The molecule has 0 heterocycles. The molecule has 0 aromatic heterocycles. The van der Waals surface area contributed by atoms with Crippen LogP contribution in [0, 0.1) is 0 Å². The number of esters is 1. The van der Waals surface area contributed by atoms with Crippen LogP contribution in [0.4, 0.5) is 5.69 Å². The number of aliphatic hydroxyl groups is 1. The monoisotopic (exact) mass is 439 g/mol. The number of carbonyl (C=O) groups is 2. The Morgan fingerprint density at radius 2 is 1.36 bits per heavy atom. The first-order valence-electron chi connectivity index (χ1n) is 8.57. The first kappa shape index (κ1) is 19.8. The van der Waals surface area contributed by atoms with Gasteiger partial charge >= 0.3 is 5.97 Å². The summed E-state index contributed by atoms with van der Waals surface area (Å²) in [6.07, 6.45) is 0. The van der Waals surface area contributed by atoms with Gasteiger partial charge < -0.3 is 15.2 Å². The van der Waals surface area contributed by atoms with E-state index in [1.807, 2.05) is 6.07 Å². The Kier molecular flexibility index (Phi) is 6.23. The molecule has 28 heavy (non-hydrogen) atoms. The lowest BCUT2D eigenvalue weighted by atomic mass is 9.86. The summed E-state index contributed by atoms with van der Waals surface area (Å²) in [5.74, 6) is -1.43. The molecule has 0 radical (unpaired) electrons. The van der Waals surface area contributed by atoms with Gasteiger partial charge in [0, 0.05) is 4.47 Å². The summed E-state index contributed by atoms with van der Waals surface area (Å²) in [5.41, 5.74) is -0.740. The average Bonchev–Trinajstić information content (AvgIpc) is 2.74. The van der Waals surface area contributed by atoms with Crippen molar-refractivity contribution in [1.82, 2.24) is 0 Å². The van der Waals surface area contributed by atoms with E-state index in [9.17, 15) is 14.7 Å². The molecule has 0 aliphatic carbocycles. The van der Waals surface area contributed by atoms with Crippen LogP contribution < -0.4 is 5.32 Å². The molecule has 3 aromatic rings. The lowest BCUT2D eigenvalue weighted by molar-refractivity contribution is -0.163. The first-order valence-corrected chi connectivity index (χ1v) is 9.36. The molecule has 2 N–H and O–H groups in total. The second kappa shape index (κ2) is 8.82. The van der Waals surface area contributed by atoms with E-state index in [0.717, 1.165) is 0 Å². The van der Waals surface area contributed by atoms with Gasteiger partial charge in [0.15, 0.2) is 6.61 Å². The maximum absolute atomic E-state index is 12.8. The Labute approximate surface area is 171 Å². The molecular formula is C22H18BrNO4. The minimum Gasteiger partial charge on any atom is -0.453 e. The van der Waals surface area contributed by atoms with Crippen molar-refractivity contribution in [3.8, 4) is 0 Å². The highest BCUT2D eigenvalue weighted by Crippen LogP contribution is 2.31. The van der Waals surface area contributed by atoms with Gasteiger partial charge in [0.05, 0.1) is 5.69 Å². The lowest BCUT2D eigenvalue weighted by Crippen LogP contribution is -2.39. The number of hydrogen-bond donors (Lipinski definition) is 2. The van der Waals surface area contributed by atoms with E-state index < -0.39 is 24.1 Å². The van der Waals surface area contributed by atoms with E-state index in [1.54, 1.807) is 78.9 Å². The van der Waals surface area contributed by atoms with Crippen molar-refractivity contribution in [2.75, 3.05) is 11.9 Å². The predicted molar refractivity (Wildman–Crippen MR) is 110 cm³/mol. The van der Waals surface area contributed by atoms with Gasteiger partial charge in [-0.15, -0.1) is 0 Å². The van der Waals surface area contributed by atoms with Gasteiger partial charge in [0.1, 0.15) is 0 Å². The highest BCUT2D eigenvalue weighted by Gasteiger charge is 2.41. The van der Waals surface area contributed by atoms with Gasteiger partial charge in [0.2, 0.25) is 5.60 Å². The Balaban J connectivity index is 1.77. The van der Waals surface area contributed by atoms with Crippen LogP contribution in [-0.4, -0.2) is 23.6 Å². The average molecular weight is 440 g/mol. The number of benzene rings is 3. The smallest absolute Gasteiger partial charge is 0.348 e. The number of anilines is 1. The van der Waals surface area contributed by atoms with E-state index in [-0.39, 0.29) is 0 Å². The second-order valence-electron chi connectivity index (χ2n) is 6.05. The van der Waals surface area contributed by atoms with E-state index in [0.29, 0.717) is 21.3 Å². The Morgan fingerprint density at radius 3 is 1.89 bits per heavy atom. The summed E-state index contributed by atoms with van der Waals surface area (Å²) in [5, 5.41) is 13.9. The van der Waals surface area contributed by atoms with Gasteiger partial charge in [-0.3, -0.25) is 4.79 Å². The third kappa shape index (κ3) is 4.30. The summed E-state index contributed by atoms with van der Waals surface area (Å²) in [4.78, 5) is 25.0. The van der Waals surface area contributed by atoms with Crippen molar-refractivity contribution in [1.29, 1.82) is 0 Å². The highest BCUT2D eigenvalue weighted by atomic mass is 79.9. The molecule has 0 atom stereocenters. The summed E-state index contributed by atoms with van der Waals surface area (Å²) in [6, 6.07) is 24.1. The van der Waals surface area contributed by atoms with Crippen LogP contribution in [0.2, 0.25) is 0 Å². The molecule has 3 rings (SSSR count). The molecular weight excluding hydrogens is 422 g/mol. The molecule has 142 valence electrons. The number of nitrogens with one attached hydrogen (secondary N) is 1. The van der Waals surface area contributed by atoms with Crippen molar-refractivity contribution in [2.24, 2.45) is 0 Å². The zero-order valence-electron chi connectivity index (χ0n) is 14.8. The third-order valence-corrected chi connectivity index (χ3v) is 4.85. The number of amides is 1. The maximum atomic E-state index is 12.8. The molecule has 0 fully saturated rings. The van der Waals surface area contributed by atoms with Crippen LogP contribution in [0.1, 0.15) is 11.1 Å². The summed E-state index contributed by atoms with van der Waals surface area (Å²) >= 11 is 3.34. The zero-order chi connectivity index (χ0) is 20.0. The predicted octanol–water partition coefficient (Wildman–Crippen LogP) is 3.87. The molecule has 0 saturated carbocycles. The second-order valence-corrected chi connectivity index (χ2v) is 6.90. The highest BCUT2D eigenvalue weighted by molar-refractivity contribution is 9.10. The van der Waals surface area contributed by atoms with Crippen molar-refractivity contribution in [2.45, 2.75) is 5.60 Å². The normalized spacial score (nSPS) is 10.9. The molecule has 0 unspecified atom stereocenters. The van der Waals surface area contributed by atoms with E-state index in [4.69, 9.17) is 4.74 Å². The number of hydrogen-bond acceptors (Lipinski definition) is 4. The van der Waals surface area contributed by atoms with Gasteiger partial charge in [-0.1, -0.05) is 72.8 Å². The van der Waals surface area contributed by atoms with Crippen LogP contribution in [0.25, 0.3) is 0 Å². The Morgan fingerprint density at radius 1 is 0.857 bits per heavy atom. The number of halogens is 1. The zero-order valence-corrected chi connectivity index (χ0v) is 16.4. The van der Waals surface area contributed by atoms with Crippen LogP contribution in [0.15, 0.2) is 89.4 Å². The van der Waals surface area contributed by atoms with Gasteiger partial charge in [-0.05, 0) is 39.2 Å². The first-order chi connectivity index (χ1) is 13.5. The third-order valence-electron chi connectivity index (χ3n) is 4.16. The summed E-state index contributed by atoms with van der Waals surface area (Å²) in [6.45, 7) is -0.526. The summed E-state index contributed by atoms with van der Waals surface area (Å²) in [7, 11) is 0. The van der Waals surface area contributed by atoms with Crippen LogP contribution in [0.5, 0.6) is 0 Å². The fourth-order valence-electron chi connectivity index (χ4n) is 2.75. The molecule has 3 aromatic carbocycles. The van der Waals surface area contributed by atoms with Gasteiger partial charge in [-0.25, -0.2) is 4.79 Å². The van der Waals surface area contributed by atoms with Gasteiger partial charge in [0.25, 0.3) is 5.91 Å². The topological polar surface area (TPSA) is 75.6 Å². The Bertz CT molecular complexity index is 921. The van der Waals surface area contributed by atoms with Crippen molar-refractivity contribution in [3.63, 3.8) is 0 Å². The molecule has 0 bridgehead atoms. The molecule has 0 aliphatic rings. The molecule has 6 heteroatoms. The number of para-hydroxylation sites is 1. The SMILES string of the molecule is O=C(COC(=O)C(O)(c1ccccc1)c1ccccc1)Nc1ccccc1Br. The molecule has 0 spiro atoms. The largest absolute Gasteiger partial charge is 0.453 e. The van der Waals surface area contributed by atoms with Crippen molar-refractivity contribution < 1.29 is 19.4 Å². The van der Waals surface area contributed by atoms with E-state index >= 15 is 0 Å². The van der Waals surface area contributed by atoms with E-state index in [2.05, 4.69) is 21.2 Å². The van der Waals surface area contributed by atoms with Crippen molar-refractivity contribution >= 4 is 33.5 Å². The number of carbonyl (C=O) groups excluding carboxylic acids is 2. The fourth-order valence-corrected chi connectivity index (χ4v) is 3.13. The molecule has 5 nitrogen and oxygen atoms in total. The van der Waals surface area contributed by atoms with Gasteiger partial charge in [-0.2, -0.15) is 0 Å². The van der Waals surface area contributed by atoms with Crippen LogP contribution in [0.3, 0.4) is 0 Å². The quantitative estimate of drug-likeness (QED) is 0.571. The minimum absolute atomic E-state index is 0.359. The lowest BCUT2D eigenvalue weighted by Gasteiger charge is -2.27.